The van der Waals surface area contributed by atoms with Crippen LogP contribution >= 0.6 is 11.3 Å². The molecular formula is C26H29F2N3O2S. The first-order chi connectivity index (χ1) is 16.4. The monoisotopic (exact) mass is 485 g/mol. The van der Waals surface area contributed by atoms with Gasteiger partial charge in [0.15, 0.2) is 0 Å². The first kappa shape index (κ1) is 23.0. The van der Waals surface area contributed by atoms with Crippen LogP contribution in [-0.4, -0.2) is 36.5 Å². The van der Waals surface area contributed by atoms with Crippen molar-refractivity contribution in [3.8, 4) is 5.75 Å². The molecule has 0 aliphatic carbocycles. The van der Waals surface area contributed by atoms with E-state index in [4.69, 9.17) is 4.74 Å². The first-order valence-corrected chi connectivity index (χ1v) is 12.8. The van der Waals surface area contributed by atoms with Crippen LogP contribution in [0.15, 0.2) is 36.5 Å². The smallest absolute Gasteiger partial charge is 0.262 e. The van der Waals surface area contributed by atoms with Crippen LogP contribution in [0.2, 0.25) is 0 Å². The number of thiophene rings is 1. The zero-order valence-corrected chi connectivity index (χ0v) is 20.3. The SMILES string of the molecule is CCC(C)c1c(C(=O)N[C@H]2CCOc3ccccc32)sc2c(N3CCC(F)(F)CC3)ccnc12. The number of para-hydroxylation sites is 1. The van der Waals surface area contributed by atoms with E-state index < -0.39 is 5.92 Å². The van der Waals surface area contributed by atoms with Crippen LogP contribution in [0.25, 0.3) is 10.2 Å². The summed E-state index contributed by atoms with van der Waals surface area (Å²) in [5.41, 5.74) is 3.64. The van der Waals surface area contributed by atoms with Gasteiger partial charge in [-0.3, -0.25) is 9.78 Å². The molecule has 1 fully saturated rings. The third-order valence-corrected chi connectivity index (χ3v) is 8.21. The van der Waals surface area contributed by atoms with E-state index in [1.54, 1.807) is 6.20 Å². The van der Waals surface area contributed by atoms with E-state index in [0.717, 1.165) is 39.2 Å². The third kappa shape index (κ3) is 4.24. The molecule has 2 atom stereocenters. The molecule has 1 aromatic carbocycles. The van der Waals surface area contributed by atoms with Crippen LogP contribution in [-0.2, 0) is 0 Å². The normalized spacial score (nSPS) is 20.5. The molecule has 0 saturated carbocycles. The molecule has 1 N–H and O–H groups in total. The largest absolute Gasteiger partial charge is 0.493 e. The number of aromatic nitrogens is 1. The predicted molar refractivity (Wildman–Crippen MR) is 131 cm³/mol. The fourth-order valence-corrected chi connectivity index (χ4v) is 6.19. The quantitative estimate of drug-likeness (QED) is 0.461. The zero-order chi connectivity index (χ0) is 23.9. The summed E-state index contributed by atoms with van der Waals surface area (Å²) in [7, 11) is 0. The molecule has 1 amide bonds. The predicted octanol–water partition coefficient (Wildman–Crippen LogP) is 6.30. The van der Waals surface area contributed by atoms with Gasteiger partial charge in [0, 0.05) is 49.7 Å². The molecule has 34 heavy (non-hydrogen) atoms. The van der Waals surface area contributed by atoms with Crippen molar-refractivity contribution in [3.63, 3.8) is 0 Å². The van der Waals surface area contributed by atoms with Crippen molar-refractivity contribution in [1.82, 2.24) is 10.3 Å². The summed E-state index contributed by atoms with van der Waals surface area (Å²) in [6.45, 7) is 5.35. The number of rotatable bonds is 5. The Morgan fingerprint density at radius 1 is 1.29 bits per heavy atom. The van der Waals surface area contributed by atoms with E-state index in [-0.39, 0.29) is 30.7 Å². The Hall–Kier alpha value is -2.74. The third-order valence-electron chi connectivity index (χ3n) is 7.00. The highest BCUT2D eigenvalue weighted by Crippen LogP contribution is 2.43. The molecule has 8 heteroatoms. The fraction of sp³-hybridized carbons (Fsp3) is 0.462. The van der Waals surface area contributed by atoms with Crippen LogP contribution < -0.4 is 15.0 Å². The Morgan fingerprint density at radius 3 is 2.82 bits per heavy atom. The number of carbonyl (C=O) groups is 1. The van der Waals surface area contributed by atoms with E-state index in [1.165, 1.54) is 11.3 Å². The standard InChI is InChI=1S/C26H29F2N3O2S/c1-3-16(2)21-22-23(19(8-12-29-22)31-13-10-26(27,28)11-14-31)34-24(21)25(32)30-18-9-15-33-20-7-5-4-6-17(18)20/h4-8,12,16,18H,3,9-11,13-15H2,1-2H3,(H,30,32)/t16?,18-/m0/s1. The molecule has 180 valence electrons. The number of alkyl halides is 2. The average Bonchev–Trinajstić information content (AvgIpc) is 3.24. The Labute approximate surface area is 202 Å². The number of benzene rings is 1. The maximum absolute atomic E-state index is 13.8. The van der Waals surface area contributed by atoms with E-state index in [0.29, 0.717) is 31.0 Å². The lowest BCUT2D eigenvalue weighted by Crippen LogP contribution is -2.39. The van der Waals surface area contributed by atoms with Crippen LogP contribution in [0.5, 0.6) is 5.75 Å². The second-order valence-corrected chi connectivity index (χ2v) is 10.2. The van der Waals surface area contributed by atoms with E-state index in [9.17, 15) is 13.6 Å². The number of fused-ring (bicyclic) bond motifs is 2. The summed E-state index contributed by atoms with van der Waals surface area (Å²) in [5.74, 6) is -1.77. The summed E-state index contributed by atoms with van der Waals surface area (Å²) >= 11 is 1.43. The number of anilines is 1. The Balaban J connectivity index is 1.51. The number of carbonyl (C=O) groups excluding carboxylic acids is 1. The number of hydrogen-bond donors (Lipinski definition) is 1. The van der Waals surface area contributed by atoms with E-state index in [1.807, 2.05) is 35.2 Å². The minimum Gasteiger partial charge on any atom is -0.493 e. The molecule has 2 aliphatic rings. The van der Waals surface area contributed by atoms with Crippen molar-refractivity contribution in [3.05, 3.63) is 52.5 Å². The highest BCUT2D eigenvalue weighted by molar-refractivity contribution is 7.21. The van der Waals surface area contributed by atoms with Crippen molar-refractivity contribution in [2.24, 2.45) is 0 Å². The van der Waals surface area contributed by atoms with Crippen LogP contribution in [0.3, 0.4) is 0 Å². The number of halogens is 2. The number of hydrogen-bond acceptors (Lipinski definition) is 5. The topological polar surface area (TPSA) is 54.5 Å². The lowest BCUT2D eigenvalue weighted by Gasteiger charge is -2.33. The van der Waals surface area contributed by atoms with Crippen LogP contribution in [0, 0.1) is 0 Å². The van der Waals surface area contributed by atoms with Gasteiger partial charge in [-0.25, -0.2) is 8.78 Å². The van der Waals surface area contributed by atoms with Gasteiger partial charge in [0.05, 0.1) is 33.4 Å². The Bertz CT molecular complexity index is 1200. The van der Waals surface area contributed by atoms with Crippen LogP contribution in [0.4, 0.5) is 14.5 Å². The van der Waals surface area contributed by atoms with Gasteiger partial charge in [0.1, 0.15) is 5.75 Å². The second kappa shape index (κ2) is 9.13. The minimum absolute atomic E-state index is 0.115. The number of nitrogens with zero attached hydrogens (tertiary/aromatic N) is 2. The Morgan fingerprint density at radius 2 is 2.06 bits per heavy atom. The highest BCUT2D eigenvalue weighted by atomic mass is 32.1. The summed E-state index contributed by atoms with van der Waals surface area (Å²) in [6, 6.07) is 9.57. The molecule has 1 saturated heterocycles. The van der Waals surface area contributed by atoms with Gasteiger partial charge in [0.25, 0.3) is 11.8 Å². The molecule has 4 heterocycles. The molecule has 2 aliphatic heterocycles. The van der Waals surface area contributed by atoms with Crippen molar-refractivity contribution in [2.75, 3.05) is 24.6 Å². The molecular weight excluding hydrogens is 456 g/mol. The minimum atomic E-state index is -2.61. The van der Waals surface area contributed by atoms with Gasteiger partial charge in [-0.2, -0.15) is 0 Å². The summed E-state index contributed by atoms with van der Waals surface area (Å²) < 4.78 is 34.2. The molecule has 0 spiro atoms. The summed E-state index contributed by atoms with van der Waals surface area (Å²) in [4.78, 5) is 21.0. The number of ether oxygens (including phenoxy) is 1. The molecule has 5 rings (SSSR count). The maximum Gasteiger partial charge on any atom is 0.262 e. The van der Waals surface area contributed by atoms with Gasteiger partial charge in [-0.1, -0.05) is 32.0 Å². The van der Waals surface area contributed by atoms with E-state index >= 15 is 0 Å². The maximum atomic E-state index is 13.8. The number of amides is 1. The van der Waals surface area contributed by atoms with Gasteiger partial charge < -0.3 is 15.0 Å². The average molecular weight is 486 g/mol. The van der Waals surface area contributed by atoms with Crippen molar-refractivity contribution >= 4 is 33.1 Å². The molecule has 2 aromatic heterocycles. The molecule has 0 bridgehead atoms. The summed E-state index contributed by atoms with van der Waals surface area (Å²) in [5, 5.41) is 3.23. The lowest BCUT2D eigenvalue weighted by molar-refractivity contribution is -0.0220. The molecule has 1 unspecified atom stereocenters. The Kier molecular flexibility index (Phi) is 6.18. The number of pyridine rings is 1. The van der Waals surface area contributed by atoms with Gasteiger partial charge in [-0.15, -0.1) is 11.3 Å². The van der Waals surface area contributed by atoms with Crippen LogP contribution in [0.1, 0.15) is 72.3 Å². The lowest BCUT2D eigenvalue weighted by atomic mass is 9.96. The van der Waals surface area contributed by atoms with Gasteiger partial charge in [-0.05, 0) is 24.5 Å². The van der Waals surface area contributed by atoms with Crippen molar-refractivity contribution < 1.29 is 18.3 Å². The molecule has 0 radical (unpaired) electrons. The van der Waals surface area contributed by atoms with E-state index in [2.05, 4.69) is 24.1 Å². The summed E-state index contributed by atoms with van der Waals surface area (Å²) in [6.07, 6.45) is 3.00. The van der Waals surface area contributed by atoms with Crippen molar-refractivity contribution in [1.29, 1.82) is 0 Å². The highest BCUT2D eigenvalue weighted by Gasteiger charge is 2.35. The number of piperidine rings is 1. The first-order valence-electron chi connectivity index (χ1n) is 11.9. The molecule has 5 nitrogen and oxygen atoms in total. The zero-order valence-electron chi connectivity index (χ0n) is 19.4. The van der Waals surface area contributed by atoms with Gasteiger partial charge in [0.2, 0.25) is 0 Å². The van der Waals surface area contributed by atoms with Gasteiger partial charge >= 0.3 is 0 Å². The van der Waals surface area contributed by atoms with Crippen molar-refractivity contribution in [2.45, 2.75) is 57.4 Å². The number of nitrogens with one attached hydrogen (secondary N) is 1. The fourth-order valence-electron chi connectivity index (χ4n) is 4.86. The second-order valence-electron chi connectivity index (χ2n) is 9.21. The molecule has 3 aromatic rings.